The number of sulfonamides is 1. The average Bonchev–Trinajstić information content (AvgIpc) is 2.68. The van der Waals surface area contributed by atoms with Crippen LogP contribution in [0.1, 0.15) is 25.3 Å². The van der Waals surface area contributed by atoms with E-state index in [0.29, 0.717) is 40.3 Å². The van der Waals surface area contributed by atoms with Crippen molar-refractivity contribution >= 4 is 50.9 Å². The zero-order valence-corrected chi connectivity index (χ0v) is 18.3. The molecule has 0 bridgehead atoms. The standard InChI is InChI=1S/C21H22Cl2N2O3S/c1-15-3-2-12-25(14-15)29(27,28)19-9-7-18(8-10-19)24-21(26)11-5-16-4-6-17(22)13-20(16)23/h4-11,13,15H,2-3,12,14H2,1H3,(H,24,26). The van der Waals surface area contributed by atoms with Gasteiger partial charge < -0.3 is 5.32 Å². The van der Waals surface area contributed by atoms with E-state index in [9.17, 15) is 13.2 Å². The van der Waals surface area contributed by atoms with Gasteiger partial charge in [0.1, 0.15) is 0 Å². The predicted molar refractivity (Wildman–Crippen MR) is 118 cm³/mol. The number of amides is 1. The Bertz CT molecular complexity index is 1020. The second-order valence-electron chi connectivity index (χ2n) is 7.12. The molecule has 0 radical (unpaired) electrons. The van der Waals surface area contributed by atoms with Gasteiger partial charge in [-0.25, -0.2) is 8.42 Å². The van der Waals surface area contributed by atoms with Gasteiger partial charge in [-0.1, -0.05) is 36.2 Å². The van der Waals surface area contributed by atoms with Crippen molar-refractivity contribution in [1.82, 2.24) is 4.31 Å². The molecule has 0 spiro atoms. The fourth-order valence-electron chi connectivity index (χ4n) is 3.21. The number of benzene rings is 2. The highest BCUT2D eigenvalue weighted by molar-refractivity contribution is 7.89. The normalized spacial score (nSPS) is 18.1. The molecule has 1 saturated heterocycles. The van der Waals surface area contributed by atoms with Crippen molar-refractivity contribution < 1.29 is 13.2 Å². The third kappa shape index (κ3) is 5.60. The molecule has 2 aromatic rings. The fraction of sp³-hybridized carbons (Fsp3) is 0.286. The van der Waals surface area contributed by atoms with Crippen LogP contribution in [0, 0.1) is 5.92 Å². The molecule has 1 N–H and O–H groups in total. The molecule has 1 unspecified atom stereocenters. The van der Waals surface area contributed by atoms with Gasteiger partial charge in [0.15, 0.2) is 0 Å². The molecule has 154 valence electrons. The Morgan fingerprint density at radius 1 is 1.17 bits per heavy atom. The van der Waals surface area contributed by atoms with E-state index in [1.807, 2.05) is 0 Å². The maximum absolute atomic E-state index is 12.8. The molecule has 8 heteroatoms. The number of nitrogens with zero attached hydrogens (tertiary/aromatic N) is 1. The summed E-state index contributed by atoms with van der Waals surface area (Å²) in [5.41, 5.74) is 1.18. The molecule has 2 aromatic carbocycles. The van der Waals surface area contributed by atoms with Gasteiger partial charge in [0.05, 0.1) is 4.90 Å². The number of halogens is 2. The average molecular weight is 453 g/mol. The van der Waals surface area contributed by atoms with E-state index in [2.05, 4.69) is 12.2 Å². The van der Waals surface area contributed by atoms with Crippen molar-refractivity contribution in [3.05, 3.63) is 64.1 Å². The van der Waals surface area contributed by atoms with Gasteiger partial charge in [0, 0.05) is 34.9 Å². The second kappa shape index (κ2) is 9.30. The summed E-state index contributed by atoms with van der Waals surface area (Å²) in [5, 5.41) is 3.67. The Hall–Kier alpha value is -1.86. The molecule has 0 aromatic heterocycles. The molecule has 5 nitrogen and oxygen atoms in total. The highest BCUT2D eigenvalue weighted by atomic mass is 35.5. The van der Waals surface area contributed by atoms with E-state index in [1.165, 1.54) is 22.5 Å². The summed E-state index contributed by atoms with van der Waals surface area (Å²) < 4.78 is 27.1. The summed E-state index contributed by atoms with van der Waals surface area (Å²) in [5.74, 6) is 0.00879. The fourth-order valence-corrected chi connectivity index (χ4v) is 5.28. The Morgan fingerprint density at radius 2 is 1.90 bits per heavy atom. The lowest BCUT2D eigenvalue weighted by atomic mass is 10.0. The number of carbonyl (C=O) groups is 1. The van der Waals surface area contributed by atoms with Crippen LogP contribution in [-0.2, 0) is 14.8 Å². The lowest BCUT2D eigenvalue weighted by molar-refractivity contribution is -0.111. The van der Waals surface area contributed by atoms with Gasteiger partial charge in [-0.3, -0.25) is 4.79 Å². The van der Waals surface area contributed by atoms with Crippen molar-refractivity contribution in [3.63, 3.8) is 0 Å². The molecular formula is C21H22Cl2N2O3S. The Kier molecular flexibility index (Phi) is 7.01. The number of hydrogen-bond donors (Lipinski definition) is 1. The molecule has 1 aliphatic heterocycles. The van der Waals surface area contributed by atoms with E-state index in [-0.39, 0.29) is 10.8 Å². The van der Waals surface area contributed by atoms with E-state index >= 15 is 0 Å². The summed E-state index contributed by atoms with van der Waals surface area (Å²) in [7, 11) is -3.51. The molecule has 1 fully saturated rings. The monoisotopic (exact) mass is 452 g/mol. The number of rotatable bonds is 5. The van der Waals surface area contributed by atoms with Crippen molar-refractivity contribution in [1.29, 1.82) is 0 Å². The van der Waals surface area contributed by atoms with Crippen LogP contribution in [0.15, 0.2) is 53.4 Å². The maximum atomic E-state index is 12.8. The molecule has 0 saturated carbocycles. The van der Waals surface area contributed by atoms with Crippen LogP contribution in [0.25, 0.3) is 6.08 Å². The molecule has 1 heterocycles. The first-order chi connectivity index (χ1) is 13.8. The van der Waals surface area contributed by atoms with Crippen LogP contribution in [0.5, 0.6) is 0 Å². The first kappa shape index (κ1) is 21.8. The SMILES string of the molecule is CC1CCCN(S(=O)(=O)c2ccc(NC(=O)C=Cc3ccc(Cl)cc3Cl)cc2)C1. The largest absolute Gasteiger partial charge is 0.323 e. The van der Waals surface area contributed by atoms with Crippen molar-refractivity contribution in [2.24, 2.45) is 5.92 Å². The van der Waals surface area contributed by atoms with Crippen LogP contribution in [-0.4, -0.2) is 31.7 Å². The second-order valence-corrected chi connectivity index (χ2v) is 9.90. The van der Waals surface area contributed by atoms with E-state index in [4.69, 9.17) is 23.2 Å². The molecule has 29 heavy (non-hydrogen) atoms. The molecular weight excluding hydrogens is 431 g/mol. The number of anilines is 1. The molecule has 1 aliphatic rings. The lowest BCUT2D eigenvalue weighted by Gasteiger charge is -2.30. The zero-order valence-electron chi connectivity index (χ0n) is 15.9. The maximum Gasteiger partial charge on any atom is 0.248 e. The van der Waals surface area contributed by atoms with Crippen molar-refractivity contribution in [3.8, 4) is 0 Å². The van der Waals surface area contributed by atoms with Gasteiger partial charge in [0.2, 0.25) is 15.9 Å². The number of piperidine rings is 1. The first-order valence-corrected chi connectivity index (χ1v) is 11.5. The number of nitrogens with one attached hydrogen (secondary N) is 1. The zero-order chi connectivity index (χ0) is 21.0. The van der Waals surface area contributed by atoms with Gasteiger partial charge >= 0.3 is 0 Å². The van der Waals surface area contributed by atoms with Gasteiger partial charge in [-0.2, -0.15) is 4.31 Å². The van der Waals surface area contributed by atoms with Crippen molar-refractivity contribution in [2.75, 3.05) is 18.4 Å². The predicted octanol–water partition coefficient (Wildman–Crippen LogP) is 5.07. The van der Waals surface area contributed by atoms with Crippen molar-refractivity contribution in [2.45, 2.75) is 24.7 Å². The first-order valence-electron chi connectivity index (χ1n) is 9.30. The van der Waals surface area contributed by atoms with Gasteiger partial charge in [-0.05, 0) is 66.8 Å². The third-order valence-corrected chi connectivity index (χ3v) is 7.20. The van der Waals surface area contributed by atoms with Crippen LogP contribution in [0.4, 0.5) is 5.69 Å². The van der Waals surface area contributed by atoms with Crippen LogP contribution in [0.3, 0.4) is 0 Å². The lowest BCUT2D eigenvalue weighted by Crippen LogP contribution is -2.39. The summed E-state index contributed by atoms with van der Waals surface area (Å²) in [4.78, 5) is 12.4. The van der Waals surface area contributed by atoms with Crippen LogP contribution < -0.4 is 5.32 Å². The smallest absolute Gasteiger partial charge is 0.248 e. The number of hydrogen-bond acceptors (Lipinski definition) is 3. The van der Waals surface area contributed by atoms with Gasteiger partial charge in [-0.15, -0.1) is 0 Å². The Labute approximate surface area is 181 Å². The molecule has 1 atom stereocenters. The Morgan fingerprint density at radius 3 is 2.55 bits per heavy atom. The van der Waals surface area contributed by atoms with E-state index in [1.54, 1.807) is 36.4 Å². The van der Waals surface area contributed by atoms with E-state index < -0.39 is 10.0 Å². The summed E-state index contributed by atoms with van der Waals surface area (Å²) in [6.07, 6.45) is 4.86. The molecule has 1 amide bonds. The minimum atomic E-state index is -3.51. The highest BCUT2D eigenvalue weighted by Gasteiger charge is 2.28. The summed E-state index contributed by atoms with van der Waals surface area (Å²) in [6.45, 7) is 3.15. The third-order valence-electron chi connectivity index (χ3n) is 4.76. The van der Waals surface area contributed by atoms with Crippen LogP contribution in [0.2, 0.25) is 10.0 Å². The summed E-state index contributed by atoms with van der Waals surface area (Å²) >= 11 is 11.9. The number of carbonyl (C=O) groups excluding carboxylic acids is 1. The summed E-state index contributed by atoms with van der Waals surface area (Å²) in [6, 6.07) is 11.2. The Balaban J connectivity index is 1.65. The van der Waals surface area contributed by atoms with Crippen LogP contribution >= 0.6 is 23.2 Å². The highest BCUT2D eigenvalue weighted by Crippen LogP contribution is 2.25. The molecule has 0 aliphatic carbocycles. The quantitative estimate of drug-likeness (QED) is 0.644. The van der Waals surface area contributed by atoms with E-state index in [0.717, 1.165) is 12.8 Å². The minimum absolute atomic E-state index is 0.230. The topological polar surface area (TPSA) is 66.5 Å². The minimum Gasteiger partial charge on any atom is -0.323 e. The van der Waals surface area contributed by atoms with Gasteiger partial charge in [0.25, 0.3) is 0 Å². The molecule has 3 rings (SSSR count).